The summed E-state index contributed by atoms with van der Waals surface area (Å²) in [6.45, 7) is 5.90. The second-order valence-corrected chi connectivity index (χ2v) is 7.99. The molecule has 4 rings (SSSR count). The molecule has 1 N–H and O–H groups in total. The van der Waals surface area contributed by atoms with Crippen LogP contribution in [0.2, 0.25) is 0 Å². The van der Waals surface area contributed by atoms with Gasteiger partial charge in [0.15, 0.2) is 0 Å². The zero-order valence-electron chi connectivity index (χ0n) is 16.9. The number of carbonyl (C=O) groups excluding carboxylic acids is 1. The minimum Gasteiger partial charge on any atom is -0.374 e. The van der Waals surface area contributed by atoms with Crippen LogP contribution in [-0.2, 0) is 6.42 Å². The largest absolute Gasteiger partial charge is 0.374 e. The zero-order valence-corrected chi connectivity index (χ0v) is 16.9. The lowest BCUT2D eigenvalue weighted by atomic mass is 10.00. The van der Waals surface area contributed by atoms with E-state index in [-0.39, 0.29) is 11.9 Å². The van der Waals surface area contributed by atoms with Gasteiger partial charge in [-0.25, -0.2) is 0 Å². The van der Waals surface area contributed by atoms with Crippen LogP contribution in [0, 0.1) is 0 Å². The number of carbonyl (C=O) groups is 1. The summed E-state index contributed by atoms with van der Waals surface area (Å²) in [6.07, 6.45) is 1.10. The van der Waals surface area contributed by atoms with Crippen molar-refractivity contribution in [2.75, 3.05) is 58.3 Å². The fourth-order valence-electron chi connectivity index (χ4n) is 4.27. The third-order valence-electron chi connectivity index (χ3n) is 6.09. The molecule has 28 heavy (non-hydrogen) atoms. The maximum atomic E-state index is 12.6. The molecule has 1 saturated heterocycles. The van der Waals surface area contributed by atoms with Crippen LogP contribution in [0.5, 0.6) is 0 Å². The first kappa shape index (κ1) is 19.0. The van der Waals surface area contributed by atoms with E-state index in [2.05, 4.69) is 52.3 Å². The second-order valence-electron chi connectivity index (χ2n) is 7.99. The van der Waals surface area contributed by atoms with Crippen LogP contribution in [0.25, 0.3) is 0 Å². The molecule has 1 atom stereocenters. The number of benzene rings is 2. The molecule has 0 spiro atoms. The molecule has 0 unspecified atom stereocenters. The summed E-state index contributed by atoms with van der Waals surface area (Å²) in [5.74, 6) is 0.000575. The van der Waals surface area contributed by atoms with Gasteiger partial charge in [0.2, 0.25) is 0 Å². The summed E-state index contributed by atoms with van der Waals surface area (Å²) in [7, 11) is 4.33. The molecule has 0 radical (unpaired) electrons. The maximum absolute atomic E-state index is 12.6. The van der Waals surface area contributed by atoms with Crippen molar-refractivity contribution in [3.05, 3.63) is 65.2 Å². The van der Waals surface area contributed by atoms with Gasteiger partial charge in [-0.1, -0.05) is 30.3 Å². The van der Waals surface area contributed by atoms with Crippen LogP contribution in [0.3, 0.4) is 0 Å². The third kappa shape index (κ3) is 4.05. The van der Waals surface area contributed by atoms with Crippen LogP contribution in [0.4, 0.5) is 5.69 Å². The molecule has 1 fully saturated rings. The topological polar surface area (TPSA) is 38.8 Å². The van der Waals surface area contributed by atoms with E-state index < -0.39 is 0 Å². The van der Waals surface area contributed by atoms with Crippen molar-refractivity contribution >= 4 is 11.6 Å². The summed E-state index contributed by atoms with van der Waals surface area (Å²) in [4.78, 5) is 19.8. The first-order valence-corrected chi connectivity index (χ1v) is 10.2. The first-order valence-electron chi connectivity index (χ1n) is 10.2. The van der Waals surface area contributed by atoms with Crippen molar-refractivity contribution in [3.63, 3.8) is 0 Å². The molecule has 2 aromatic carbocycles. The molecular weight excluding hydrogens is 348 g/mol. The molecule has 0 bridgehead atoms. The second kappa shape index (κ2) is 8.33. The van der Waals surface area contributed by atoms with Gasteiger partial charge in [-0.3, -0.25) is 9.69 Å². The monoisotopic (exact) mass is 378 g/mol. The Morgan fingerprint density at radius 2 is 1.75 bits per heavy atom. The van der Waals surface area contributed by atoms with E-state index in [1.54, 1.807) is 0 Å². The number of anilines is 1. The Hall–Kier alpha value is -2.37. The summed E-state index contributed by atoms with van der Waals surface area (Å²) in [5, 5.41) is 3.18. The normalized spacial score (nSPS) is 18.7. The van der Waals surface area contributed by atoms with Gasteiger partial charge in [-0.2, -0.15) is 0 Å². The van der Waals surface area contributed by atoms with E-state index in [4.69, 9.17) is 0 Å². The number of nitrogens with zero attached hydrogens (tertiary/aromatic N) is 3. The van der Waals surface area contributed by atoms with E-state index in [1.807, 2.05) is 30.3 Å². The highest BCUT2D eigenvalue weighted by atomic mass is 16.1. The molecule has 2 aliphatic rings. The lowest BCUT2D eigenvalue weighted by Crippen LogP contribution is -2.48. The van der Waals surface area contributed by atoms with Gasteiger partial charge in [-0.05, 0) is 42.8 Å². The predicted octanol–water partition coefficient (Wildman–Crippen LogP) is 2.40. The number of hydrogen-bond acceptors (Lipinski definition) is 4. The standard InChI is InChI=1S/C23H30N4O/c1-25-12-14-27(15-13-25)22(17-24-23(28)18-6-4-3-5-7-18)19-8-9-21-20(16-19)10-11-26(21)2/h3-9,16,22H,10-15,17H2,1-2H3,(H,24,28)/t22-/m0/s1. The average molecular weight is 379 g/mol. The Kier molecular flexibility index (Phi) is 5.64. The molecule has 2 aliphatic heterocycles. The summed E-state index contributed by atoms with van der Waals surface area (Å²) < 4.78 is 0. The van der Waals surface area contributed by atoms with Gasteiger partial charge < -0.3 is 15.1 Å². The van der Waals surface area contributed by atoms with E-state index >= 15 is 0 Å². The highest BCUT2D eigenvalue weighted by Crippen LogP contribution is 2.31. The predicted molar refractivity (Wildman–Crippen MR) is 114 cm³/mol. The number of fused-ring (bicyclic) bond motifs is 1. The molecule has 0 saturated carbocycles. The van der Waals surface area contributed by atoms with Crippen molar-refractivity contribution in [1.29, 1.82) is 0 Å². The Bertz CT molecular complexity index is 815. The van der Waals surface area contributed by atoms with Crippen molar-refractivity contribution in [3.8, 4) is 0 Å². The first-order chi connectivity index (χ1) is 13.6. The number of hydrogen-bond donors (Lipinski definition) is 1. The van der Waals surface area contributed by atoms with E-state index in [9.17, 15) is 4.79 Å². The number of likely N-dealkylation sites (N-methyl/N-ethyl adjacent to an activating group) is 2. The van der Waals surface area contributed by atoms with E-state index in [0.29, 0.717) is 6.54 Å². The Morgan fingerprint density at radius 3 is 2.50 bits per heavy atom. The van der Waals surface area contributed by atoms with Crippen LogP contribution in [-0.4, -0.2) is 69.1 Å². The summed E-state index contributed by atoms with van der Waals surface area (Å²) in [5.41, 5.74) is 4.80. The molecule has 148 valence electrons. The van der Waals surface area contributed by atoms with Crippen molar-refractivity contribution in [1.82, 2.24) is 15.1 Å². The van der Waals surface area contributed by atoms with Gasteiger partial charge in [0, 0.05) is 57.6 Å². The fraction of sp³-hybridized carbons (Fsp3) is 0.435. The minimum absolute atomic E-state index is 0.000575. The lowest BCUT2D eigenvalue weighted by Gasteiger charge is -2.38. The summed E-state index contributed by atoms with van der Waals surface area (Å²) in [6, 6.07) is 16.5. The SMILES string of the molecule is CN1CCN([C@@H](CNC(=O)c2ccccc2)c2ccc3c(c2)CCN3C)CC1. The van der Waals surface area contributed by atoms with Gasteiger partial charge in [0.1, 0.15) is 0 Å². The molecular formula is C23H30N4O. The number of amides is 1. The molecule has 2 heterocycles. The Labute approximate surface area is 167 Å². The van der Waals surface area contributed by atoms with Crippen molar-refractivity contribution in [2.45, 2.75) is 12.5 Å². The van der Waals surface area contributed by atoms with Crippen molar-refractivity contribution < 1.29 is 4.79 Å². The Morgan fingerprint density at radius 1 is 1.00 bits per heavy atom. The lowest BCUT2D eigenvalue weighted by molar-refractivity contribution is 0.0886. The average Bonchev–Trinajstić information content (AvgIpc) is 3.10. The van der Waals surface area contributed by atoms with Gasteiger partial charge >= 0.3 is 0 Å². The van der Waals surface area contributed by atoms with Crippen LogP contribution in [0.15, 0.2) is 48.5 Å². The van der Waals surface area contributed by atoms with Gasteiger partial charge in [-0.15, -0.1) is 0 Å². The Balaban J connectivity index is 1.53. The smallest absolute Gasteiger partial charge is 0.251 e. The highest BCUT2D eigenvalue weighted by Gasteiger charge is 2.26. The number of piperazine rings is 1. The van der Waals surface area contributed by atoms with E-state index in [0.717, 1.165) is 44.7 Å². The highest BCUT2D eigenvalue weighted by molar-refractivity contribution is 5.94. The molecule has 5 heteroatoms. The number of rotatable bonds is 5. The summed E-state index contributed by atoms with van der Waals surface area (Å²) >= 11 is 0. The molecule has 0 aromatic heterocycles. The zero-order chi connectivity index (χ0) is 19.5. The third-order valence-corrected chi connectivity index (χ3v) is 6.09. The minimum atomic E-state index is 0.000575. The molecule has 1 amide bonds. The molecule has 2 aromatic rings. The molecule has 5 nitrogen and oxygen atoms in total. The van der Waals surface area contributed by atoms with Crippen molar-refractivity contribution in [2.24, 2.45) is 0 Å². The van der Waals surface area contributed by atoms with Crippen LogP contribution >= 0.6 is 0 Å². The van der Waals surface area contributed by atoms with Crippen LogP contribution < -0.4 is 10.2 Å². The molecule has 0 aliphatic carbocycles. The van der Waals surface area contributed by atoms with E-state index in [1.165, 1.54) is 16.8 Å². The quantitative estimate of drug-likeness (QED) is 0.867. The maximum Gasteiger partial charge on any atom is 0.251 e. The van der Waals surface area contributed by atoms with Gasteiger partial charge in [0.25, 0.3) is 5.91 Å². The van der Waals surface area contributed by atoms with Crippen LogP contribution in [0.1, 0.15) is 27.5 Å². The number of nitrogens with one attached hydrogen (secondary N) is 1. The fourth-order valence-corrected chi connectivity index (χ4v) is 4.27. The van der Waals surface area contributed by atoms with Gasteiger partial charge in [0.05, 0.1) is 6.04 Å².